The summed E-state index contributed by atoms with van der Waals surface area (Å²) in [5.41, 5.74) is 1.08. The summed E-state index contributed by atoms with van der Waals surface area (Å²) >= 11 is 0. The van der Waals surface area contributed by atoms with Crippen molar-refractivity contribution in [1.29, 1.82) is 0 Å². The summed E-state index contributed by atoms with van der Waals surface area (Å²) in [4.78, 5) is 21.6. The van der Waals surface area contributed by atoms with Gasteiger partial charge in [-0.3, -0.25) is 4.79 Å². The third kappa shape index (κ3) is 2.51. The molecule has 1 heterocycles. The van der Waals surface area contributed by atoms with Crippen LogP contribution in [0.2, 0.25) is 0 Å². The number of aromatic carboxylic acids is 1. The Morgan fingerprint density at radius 1 is 1.39 bits per heavy atom. The fourth-order valence-electron chi connectivity index (χ4n) is 1.42. The highest BCUT2D eigenvalue weighted by Gasteiger charge is 2.09. The maximum Gasteiger partial charge on any atom is 0.358 e. The molecule has 0 radical (unpaired) electrons. The molecule has 0 aliphatic heterocycles. The van der Waals surface area contributed by atoms with E-state index in [2.05, 4.69) is 15.6 Å². The van der Waals surface area contributed by atoms with Crippen LogP contribution in [0.4, 0.5) is 5.69 Å². The zero-order valence-corrected chi connectivity index (χ0v) is 9.49. The minimum atomic E-state index is -1.14. The Labute approximate surface area is 102 Å². The second-order valence-electron chi connectivity index (χ2n) is 3.59. The van der Waals surface area contributed by atoms with Gasteiger partial charge >= 0.3 is 5.97 Å². The second-order valence-corrected chi connectivity index (χ2v) is 3.59. The molecular weight excluding hydrogens is 236 g/mol. The molecule has 0 saturated carbocycles. The maximum absolute atomic E-state index is 10.9. The molecule has 2 aromatic rings. The van der Waals surface area contributed by atoms with Crippen LogP contribution in [0.5, 0.6) is 0 Å². The monoisotopic (exact) mass is 246 g/mol. The molecule has 2 rings (SSSR count). The third-order valence-electron chi connectivity index (χ3n) is 2.14. The molecule has 0 aliphatic carbocycles. The van der Waals surface area contributed by atoms with E-state index in [1.165, 1.54) is 17.8 Å². The van der Waals surface area contributed by atoms with Gasteiger partial charge in [0.15, 0.2) is 5.69 Å². The predicted octanol–water partition coefficient (Wildman–Crippen LogP) is 0.924. The second kappa shape index (κ2) is 4.66. The quantitative estimate of drug-likeness (QED) is 0.839. The average molecular weight is 246 g/mol. The zero-order valence-electron chi connectivity index (χ0n) is 9.49. The molecule has 92 valence electrons. The van der Waals surface area contributed by atoms with E-state index in [4.69, 9.17) is 5.11 Å². The summed E-state index contributed by atoms with van der Waals surface area (Å²) in [6, 6.07) is 6.84. The van der Waals surface area contributed by atoms with Gasteiger partial charge in [0.25, 0.3) is 0 Å². The van der Waals surface area contributed by atoms with E-state index >= 15 is 0 Å². The van der Waals surface area contributed by atoms with Gasteiger partial charge in [0.1, 0.15) is 0 Å². The van der Waals surface area contributed by atoms with Crippen LogP contribution in [0, 0.1) is 0 Å². The highest BCUT2D eigenvalue weighted by molar-refractivity contribution is 5.89. The van der Waals surface area contributed by atoms with Gasteiger partial charge in [0.2, 0.25) is 5.91 Å². The summed E-state index contributed by atoms with van der Waals surface area (Å²) in [6.45, 7) is 1.41. The number of anilines is 1. The number of carboxylic acid groups (broad SMARTS) is 1. The van der Waals surface area contributed by atoms with Crippen LogP contribution in [0.15, 0.2) is 30.5 Å². The number of aromatic nitrogens is 3. The Kier molecular flexibility index (Phi) is 3.05. The molecule has 0 spiro atoms. The lowest BCUT2D eigenvalue weighted by Gasteiger charge is -2.04. The Morgan fingerprint density at radius 3 is 2.78 bits per heavy atom. The van der Waals surface area contributed by atoms with Gasteiger partial charge in [-0.15, -0.1) is 5.10 Å². The third-order valence-corrected chi connectivity index (χ3v) is 2.14. The van der Waals surface area contributed by atoms with Crippen molar-refractivity contribution in [1.82, 2.24) is 15.0 Å². The number of carbonyl (C=O) groups is 2. The summed E-state index contributed by atoms with van der Waals surface area (Å²) in [5.74, 6) is -1.32. The van der Waals surface area contributed by atoms with Gasteiger partial charge in [0.05, 0.1) is 11.9 Å². The lowest BCUT2D eigenvalue weighted by molar-refractivity contribution is -0.114. The van der Waals surface area contributed by atoms with Crippen LogP contribution in [0.25, 0.3) is 5.69 Å². The van der Waals surface area contributed by atoms with Crippen molar-refractivity contribution in [3.63, 3.8) is 0 Å². The molecule has 1 amide bonds. The number of hydrogen-bond acceptors (Lipinski definition) is 4. The lowest BCUT2D eigenvalue weighted by Crippen LogP contribution is -2.06. The van der Waals surface area contributed by atoms with E-state index < -0.39 is 5.97 Å². The fraction of sp³-hybridized carbons (Fsp3) is 0.0909. The molecular formula is C11H10N4O3. The average Bonchev–Trinajstić information content (AvgIpc) is 2.77. The molecule has 7 nitrogen and oxygen atoms in total. The van der Waals surface area contributed by atoms with Crippen LogP contribution in [0.1, 0.15) is 17.4 Å². The van der Waals surface area contributed by atoms with Gasteiger partial charge in [-0.1, -0.05) is 11.3 Å². The molecule has 0 unspecified atom stereocenters. The van der Waals surface area contributed by atoms with Crippen molar-refractivity contribution >= 4 is 17.6 Å². The lowest BCUT2D eigenvalue weighted by atomic mass is 10.2. The van der Waals surface area contributed by atoms with Crippen LogP contribution < -0.4 is 5.32 Å². The molecule has 0 bridgehead atoms. The largest absolute Gasteiger partial charge is 0.476 e. The number of nitrogens with one attached hydrogen (secondary N) is 1. The minimum absolute atomic E-state index is 0.139. The van der Waals surface area contributed by atoms with Crippen LogP contribution >= 0.6 is 0 Å². The van der Waals surface area contributed by atoms with Crippen molar-refractivity contribution in [2.45, 2.75) is 6.92 Å². The first kappa shape index (κ1) is 11.8. The number of carboxylic acids is 1. The van der Waals surface area contributed by atoms with Crippen molar-refractivity contribution in [2.75, 3.05) is 5.32 Å². The van der Waals surface area contributed by atoms with Gasteiger partial charge in [0, 0.05) is 12.6 Å². The molecule has 2 N–H and O–H groups in total. The topological polar surface area (TPSA) is 97.1 Å². The number of carbonyl (C=O) groups excluding carboxylic acids is 1. The van der Waals surface area contributed by atoms with Gasteiger partial charge in [-0.2, -0.15) is 0 Å². The summed E-state index contributed by atoms with van der Waals surface area (Å²) < 4.78 is 1.33. The molecule has 1 aromatic heterocycles. The number of amides is 1. The van der Waals surface area contributed by atoms with E-state index in [0.717, 1.165) is 0 Å². The van der Waals surface area contributed by atoms with E-state index in [0.29, 0.717) is 11.4 Å². The van der Waals surface area contributed by atoms with Crippen LogP contribution in [-0.2, 0) is 4.79 Å². The highest BCUT2D eigenvalue weighted by Crippen LogP contribution is 2.14. The Bertz CT molecular complexity index is 606. The minimum Gasteiger partial charge on any atom is -0.476 e. The van der Waals surface area contributed by atoms with E-state index in [1.54, 1.807) is 24.3 Å². The zero-order chi connectivity index (χ0) is 13.1. The first-order valence-electron chi connectivity index (χ1n) is 5.10. The standard InChI is InChI=1S/C11H10N4O3/c1-7(16)12-8-3-2-4-9(5-8)15-6-10(11(17)18)13-14-15/h2-6H,1H3,(H,12,16)(H,17,18). The molecule has 7 heteroatoms. The molecule has 1 aromatic carbocycles. The first-order chi connectivity index (χ1) is 8.56. The Hall–Kier alpha value is -2.70. The maximum atomic E-state index is 10.9. The Balaban J connectivity index is 2.32. The van der Waals surface area contributed by atoms with E-state index in [1.807, 2.05) is 0 Å². The molecule has 0 aliphatic rings. The normalized spacial score (nSPS) is 10.1. The SMILES string of the molecule is CC(=O)Nc1cccc(-n2cc(C(=O)O)nn2)c1. The molecule has 0 atom stereocenters. The fourth-order valence-corrected chi connectivity index (χ4v) is 1.42. The number of benzene rings is 1. The smallest absolute Gasteiger partial charge is 0.358 e. The van der Waals surface area contributed by atoms with Crippen LogP contribution in [-0.4, -0.2) is 32.0 Å². The number of hydrogen-bond donors (Lipinski definition) is 2. The van der Waals surface area contributed by atoms with Gasteiger partial charge in [-0.05, 0) is 18.2 Å². The molecule has 0 saturated heterocycles. The Morgan fingerprint density at radius 2 is 2.17 bits per heavy atom. The summed E-state index contributed by atoms with van der Waals surface area (Å²) in [5, 5.41) is 18.6. The van der Waals surface area contributed by atoms with Crippen molar-refractivity contribution < 1.29 is 14.7 Å². The number of rotatable bonds is 3. The summed E-state index contributed by atoms with van der Waals surface area (Å²) in [6.07, 6.45) is 1.30. The van der Waals surface area contributed by atoms with Crippen molar-refractivity contribution in [2.24, 2.45) is 0 Å². The molecule has 0 fully saturated rings. The first-order valence-corrected chi connectivity index (χ1v) is 5.10. The molecule has 18 heavy (non-hydrogen) atoms. The summed E-state index contributed by atoms with van der Waals surface area (Å²) in [7, 11) is 0. The highest BCUT2D eigenvalue weighted by atomic mass is 16.4. The van der Waals surface area contributed by atoms with Crippen molar-refractivity contribution in [3.8, 4) is 5.69 Å². The van der Waals surface area contributed by atoms with E-state index in [-0.39, 0.29) is 11.6 Å². The van der Waals surface area contributed by atoms with E-state index in [9.17, 15) is 9.59 Å². The van der Waals surface area contributed by atoms with Crippen molar-refractivity contribution in [3.05, 3.63) is 36.2 Å². The number of nitrogens with zero attached hydrogens (tertiary/aromatic N) is 3. The predicted molar refractivity (Wildman–Crippen MR) is 62.6 cm³/mol. The van der Waals surface area contributed by atoms with Crippen LogP contribution in [0.3, 0.4) is 0 Å². The van der Waals surface area contributed by atoms with Gasteiger partial charge < -0.3 is 10.4 Å². The van der Waals surface area contributed by atoms with Gasteiger partial charge in [-0.25, -0.2) is 9.48 Å².